The summed E-state index contributed by atoms with van der Waals surface area (Å²) in [7, 11) is -3.30. The van der Waals surface area contributed by atoms with E-state index < -0.39 is 10.0 Å². The molecule has 0 aromatic carbocycles. The summed E-state index contributed by atoms with van der Waals surface area (Å²) in [5, 5.41) is 3.44. The molecule has 2 fully saturated rings. The van der Waals surface area contributed by atoms with Crippen LogP contribution in [0, 0.1) is 6.92 Å². The van der Waals surface area contributed by atoms with Crippen molar-refractivity contribution in [2.24, 2.45) is 0 Å². The molecule has 0 spiro atoms. The Balaban J connectivity index is 1.70. The second-order valence-electron chi connectivity index (χ2n) is 5.58. The predicted molar refractivity (Wildman–Crippen MR) is 76.9 cm³/mol. The van der Waals surface area contributed by atoms with Gasteiger partial charge in [0.1, 0.15) is 4.21 Å². The van der Waals surface area contributed by atoms with E-state index in [4.69, 9.17) is 0 Å². The van der Waals surface area contributed by atoms with Gasteiger partial charge in [-0.1, -0.05) is 6.42 Å². The van der Waals surface area contributed by atoms with Crippen LogP contribution in [0.3, 0.4) is 0 Å². The molecule has 1 aromatic heterocycles. The smallest absolute Gasteiger partial charge is 0.250 e. The molecule has 3 rings (SSSR count). The first-order valence-electron chi connectivity index (χ1n) is 6.89. The molecule has 19 heavy (non-hydrogen) atoms. The van der Waals surface area contributed by atoms with Gasteiger partial charge >= 0.3 is 0 Å². The van der Waals surface area contributed by atoms with Crippen LogP contribution >= 0.6 is 11.3 Å². The minimum Gasteiger partial charge on any atom is -0.309 e. The van der Waals surface area contributed by atoms with Crippen molar-refractivity contribution in [3.8, 4) is 0 Å². The number of sulfonamides is 1. The van der Waals surface area contributed by atoms with Gasteiger partial charge in [-0.3, -0.25) is 0 Å². The van der Waals surface area contributed by atoms with Crippen molar-refractivity contribution in [2.45, 2.75) is 61.9 Å². The molecule has 0 atom stereocenters. The molecule has 0 radical (unpaired) electrons. The highest BCUT2D eigenvalue weighted by molar-refractivity contribution is 7.91. The van der Waals surface area contributed by atoms with Crippen LogP contribution in [-0.2, 0) is 16.6 Å². The van der Waals surface area contributed by atoms with Gasteiger partial charge in [0.25, 0.3) is 0 Å². The van der Waals surface area contributed by atoms with Gasteiger partial charge in [0, 0.05) is 23.5 Å². The second-order valence-corrected chi connectivity index (χ2v) is 8.65. The van der Waals surface area contributed by atoms with Gasteiger partial charge in [-0.05, 0) is 44.2 Å². The fourth-order valence-electron chi connectivity index (χ4n) is 2.12. The van der Waals surface area contributed by atoms with Crippen molar-refractivity contribution in [1.29, 1.82) is 0 Å². The molecule has 0 saturated heterocycles. The fraction of sp³-hybridized carbons (Fsp3) is 0.692. The third kappa shape index (κ3) is 3.18. The Morgan fingerprint density at radius 2 is 2.00 bits per heavy atom. The number of thiophene rings is 1. The lowest BCUT2D eigenvalue weighted by Crippen LogP contribution is -2.39. The Morgan fingerprint density at radius 3 is 2.58 bits per heavy atom. The van der Waals surface area contributed by atoms with Crippen LogP contribution in [0.4, 0.5) is 0 Å². The molecule has 2 aliphatic carbocycles. The van der Waals surface area contributed by atoms with Crippen LogP contribution in [0.5, 0.6) is 0 Å². The zero-order chi connectivity index (χ0) is 13.5. The zero-order valence-corrected chi connectivity index (χ0v) is 12.7. The Morgan fingerprint density at radius 1 is 1.26 bits per heavy atom. The molecular weight excluding hydrogens is 280 g/mol. The molecule has 1 aromatic rings. The number of nitrogens with one attached hydrogen (secondary N) is 2. The van der Waals surface area contributed by atoms with Crippen molar-refractivity contribution in [3.63, 3.8) is 0 Å². The Kier molecular flexibility index (Phi) is 3.68. The summed E-state index contributed by atoms with van der Waals surface area (Å²) < 4.78 is 27.7. The summed E-state index contributed by atoms with van der Waals surface area (Å²) in [5.74, 6) is 0. The topological polar surface area (TPSA) is 58.2 Å². The lowest BCUT2D eigenvalue weighted by Gasteiger charge is -2.25. The number of hydrogen-bond donors (Lipinski definition) is 2. The zero-order valence-electron chi connectivity index (χ0n) is 11.1. The van der Waals surface area contributed by atoms with E-state index in [1.165, 1.54) is 24.2 Å². The third-order valence-corrected chi connectivity index (χ3v) is 7.05. The number of rotatable bonds is 6. The normalized spacial score (nSPS) is 20.5. The standard InChI is InChI=1S/C13H20N2O2S2/c1-9-7-13(18-12(9)8-14-10-5-6-10)19(16,17)15-11-3-2-4-11/h7,10-11,14-15H,2-6,8H2,1H3. The summed E-state index contributed by atoms with van der Waals surface area (Å²) in [4.78, 5) is 1.14. The highest BCUT2D eigenvalue weighted by Crippen LogP contribution is 2.29. The van der Waals surface area contributed by atoms with Gasteiger partial charge in [0.15, 0.2) is 0 Å². The van der Waals surface area contributed by atoms with Crippen LogP contribution < -0.4 is 10.0 Å². The Bertz CT molecular complexity index is 557. The summed E-state index contributed by atoms with van der Waals surface area (Å²) in [5.41, 5.74) is 1.08. The van der Waals surface area contributed by atoms with Crippen LogP contribution in [0.1, 0.15) is 42.5 Å². The molecule has 1 heterocycles. The maximum absolute atomic E-state index is 12.2. The predicted octanol–water partition coefficient (Wildman–Crippen LogP) is 2.14. The first-order valence-corrected chi connectivity index (χ1v) is 9.19. The maximum atomic E-state index is 12.2. The molecular formula is C13H20N2O2S2. The average Bonchev–Trinajstić information content (AvgIpc) is 3.05. The lowest BCUT2D eigenvalue weighted by atomic mass is 9.94. The van der Waals surface area contributed by atoms with E-state index in [-0.39, 0.29) is 6.04 Å². The van der Waals surface area contributed by atoms with Crippen molar-refractivity contribution >= 4 is 21.4 Å². The van der Waals surface area contributed by atoms with E-state index in [1.54, 1.807) is 6.07 Å². The first kappa shape index (κ1) is 13.5. The summed E-state index contributed by atoms with van der Waals surface area (Å²) in [6.07, 6.45) is 5.57. The van der Waals surface area contributed by atoms with E-state index in [0.29, 0.717) is 10.3 Å². The molecule has 2 N–H and O–H groups in total. The molecule has 0 amide bonds. The van der Waals surface area contributed by atoms with E-state index in [0.717, 1.165) is 36.2 Å². The first-order chi connectivity index (χ1) is 9.04. The summed E-state index contributed by atoms with van der Waals surface area (Å²) in [6.45, 7) is 2.78. The van der Waals surface area contributed by atoms with Gasteiger partial charge in [-0.15, -0.1) is 11.3 Å². The maximum Gasteiger partial charge on any atom is 0.250 e. The lowest BCUT2D eigenvalue weighted by molar-refractivity contribution is 0.384. The second kappa shape index (κ2) is 5.16. The summed E-state index contributed by atoms with van der Waals surface area (Å²) in [6, 6.07) is 2.60. The SMILES string of the molecule is Cc1cc(S(=O)(=O)NC2CCC2)sc1CNC1CC1. The molecule has 106 valence electrons. The minimum absolute atomic E-state index is 0.153. The molecule has 2 saturated carbocycles. The van der Waals surface area contributed by atoms with Gasteiger partial charge in [0.2, 0.25) is 10.0 Å². The number of hydrogen-bond acceptors (Lipinski definition) is 4. The van der Waals surface area contributed by atoms with Gasteiger partial charge < -0.3 is 5.32 Å². The van der Waals surface area contributed by atoms with Crippen molar-refractivity contribution in [1.82, 2.24) is 10.0 Å². The van der Waals surface area contributed by atoms with Crippen LogP contribution in [-0.4, -0.2) is 20.5 Å². The molecule has 4 nitrogen and oxygen atoms in total. The Hall–Kier alpha value is -0.430. The van der Waals surface area contributed by atoms with Crippen LogP contribution in [0.25, 0.3) is 0 Å². The van der Waals surface area contributed by atoms with Crippen LogP contribution in [0.2, 0.25) is 0 Å². The monoisotopic (exact) mass is 300 g/mol. The van der Waals surface area contributed by atoms with E-state index >= 15 is 0 Å². The molecule has 2 aliphatic rings. The van der Waals surface area contributed by atoms with E-state index in [2.05, 4.69) is 10.0 Å². The van der Waals surface area contributed by atoms with Crippen molar-refractivity contribution in [3.05, 3.63) is 16.5 Å². The molecule has 6 heteroatoms. The summed E-state index contributed by atoms with van der Waals surface area (Å²) >= 11 is 1.40. The van der Waals surface area contributed by atoms with Gasteiger partial charge in [-0.2, -0.15) is 0 Å². The van der Waals surface area contributed by atoms with E-state index in [1.807, 2.05) is 6.92 Å². The van der Waals surface area contributed by atoms with Crippen molar-refractivity contribution in [2.75, 3.05) is 0 Å². The number of aryl methyl sites for hydroxylation is 1. The van der Waals surface area contributed by atoms with E-state index in [9.17, 15) is 8.42 Å². The highest BCUT2D eigenvalue weighted by Gasteiger charge is 2.27. The fourth-order valence-corrected chi connectivity index (χ4v) is 4.99. The average molecular weight is 300 g/mol. The largest absolute Gasteiger partial charge is 0.309 e. The highest BCUT2D eigenvalue weighted by atomic mass is 32.2. The molecule has 0 bridgehead atoms. The van der Waals surface area contributed by atoms with Crippen molar-refractivity contribution < 1.29 is 8.42 Å². The van der Waals surface area contributed by atoms with Gasteiger partial charge in [0.05, 0.1) is 0 Å². The minimum atomic E-state index is -3.30. The molecule has 0 unspecified atom stereocenters. The third-order valence-electron chi connectivity index (χ3n) is 3.82. The van der Waals surface area contributed by atoms with Gasteiger partial charge in [-0.25, -0.2) is 13.1 Å². The molecule has 0 aliphatic heterocycles. The Labute approximate surface area is 118 Å². The quantitative estimate of drug-likeness (QED) is 0.846. The van der Waals surface area contributed by atoms with Crippen LogP contribution in [0.15, 0.2) is 10.3 Å².